The monoisotopic (exact) mass is 871 g/mol. The van der Waals surface area contributed by atoms with E-state index in [1.807, 2.05) is 60.8 Å². The predicted octanol–water partition coefficient (Wildman–Crippen LogP) is 10.1. The number of benzene rings is 2. The Kier molecular flexibility index (Phi) is 20.7. The quantitative estimate of drug-likeness (QED) is 0.125. The van der Waals surface area contributed by atoms with Crippen molar-refractivity contribution in [3.05, 3.63) is 117 Å². The van der Waals surface area contributed by atoms with E-state index < -0.39 is 5.97 Å². The molecule has 0 atom stereocenters. The minimum atomic E-state index is -0.924. The third-order valence-corrected chi connectivity index (χ3v) is 9.13. The number of fused-ring (bicyclic) bond motifs is 2. The van der Waals surface area contributed by atoms with Crippen LogP contribution in [0.4, 0.5) is 0 Å². The van der Waals surface area contributed by atoms with Crippen LogP contribution in [0.2, 0.25) is 20.1 Å². The molecule has 1 amide bonds. The van der Waals surface area contributed by atoms with Gasteiger partial charge in [-0.2, -0.15) is 9.59 Å². The number of pyridine rings is 2. The average Bonchev–Trinajstić information content (AvgIpc) is 3.72. The molecule has 12 nitrogen and oxygen atoms in total. The van der Waals surface area contributed by atoms with Gasteiger partial charge in [-0.1, -0.05) is 98.4 Å². The summed E-state index contributed by atoms with van der Waals surface area (Å²) in [5.74, 6) is -0.974. The largest absolute Gasteiger partial charge is 0.481 e. The summed E-state index contributed by atoms with van der Waals surface area (Å²) < 4.78 is 8.01. The Hall–Kier alpha value is -5.23. The number of halogens is 4. The van der Waals surface area contributed by atoms with Crippen molar-refractivity contribution in [3.8, 4) is 22.5 Å². The molecule has 0 bridgehead atoms. The molecule has 0 saturated heterocycles. The molecule has 0 unspecified atom stereocenters. The first kappa shape index (κ1) is 48.9. The van der Waals surface area contributed by atoms with Gasteiger partial charge in [0.15, 0.2) is 0 Å². The summed E-state index contributed by atoms with van der Waals surface area (Å²) in [6, 6.07) is 21.7. The molecule has 0 radical (unpaired) electrons. The van der Waals surface area contributed by atoms with Crippen LogP contribution in [0, 0.1) is 0 Å². The minimum Gasteiger partial charge on any atom is -0.481 e. The fourth-order valence-corrected chi connectivity index (χ4v) is 6.03. The second-order valence-electron chi connectivity index (χ2n) is 12.3. The van der Waals surface area contributed by atoms with Crippen LogP contribution < -0.4 is 0 Å². The summed E-state index contributed by atoms with van der Waals surface area (Å²) in [6.45, 7) is 4.83. The third-order valence-electron chi connectivity index (χ3n) is 8.18. The number of carboxylic acid groups (broad SMARTS) is 1. The molecule has 308 valence electrons. The molecule has 4 heterocycles. The SMILES string of the molecule is C.CCCCC(=O)OC.CCCN(C)C(=O)Cc1c(-c2ccc(Cl)cc2)nc2ccc(Cl)cn12.O=C(O)Cc1c(-c2ccc(Cl)cc2)nc2ccc(Cl)cn12.O=C=O. The number of imidazole rings is 2. The summed E-state index contributed by atoms with van der Waals surface area (Å²) in [7, 11) is 3.24. The van der Waals surface area contributed by atoms with Crippen molar-refractivity contribution in [1.29, 1.82) is 0 Å². The fourth-order valence-electron chi connectivity index (χ4n) is 5.46. The molecular weight excluding hydrogens is 828 g/mol. The van der Waals surface area contributed by atoms with Gasteiger partial charge >= 0.3 is 18.1 Å². The van der Waals surface area contributed by atoms with Crippen molar-refractivity contribution in [2.75, 3.05) is 20.7 Å². The van der Waals surface area contributed by atoms with E-state index in [9.17, 15) is 14.4 Å². The smallest absolute Gasteiger partial charge is 0.373 e. The Balaban J connectivity index is 0.000000318. The van der Waals surface area contributed by atoms with Crippen molar-refractivity contribution in [3.63, 3.8) is 0 Å². The number of unbranched alkanes of at least 4 members (excludes halogenated alkanes) is 1. The highest BCUT2D eigenvalue weighted by molar-refractivity contribution is 6.31. The van der Waals surface area contributed by atoms with Crippen LogP contribution in [0.15, 0.2) is 85.2 Å². The molecule has 0 aliphatic rings. The molecule has 2 aromatic carbocycles. The average molecular weight is 874 g/mol. The summed E-state index contributed by atoms with van der Waals surface area (Å²) in [5, 5.41) is 11.5. The molecule has 1 N–H and O–H groups in total. The molecule has 16 heteroatoms. The Bertz CT molecular complexity index is 2300. The first-order chi connectivity index (χ1) is 27.3. The molecule has 0 aliphatic carbocycles. The number of likely N-dealkylation sites (N-methyl/N-ethyl adjacent to an activating group) is 1. The molecule has 0 fully saturated rings. The zero-order valence-corrected chi connectivity index (χ0v) is 34.7. The topological polar surface area (TPSA) is 153 Å². The number of esters is 1. The van der Waals surface area contributed by atoms with E-state index in [4.69, 9.17) is 66.1 Å². The number of aliphatic carboxylic acids is 1. The maximum Gasteiger partial charge on any atom is 0.373 e. The third kappa shape index (κ3) is 14.3. The van der Waals surface area contributed by atoms with Crippen molar-refractivity contribution >= 4 is 81.7 Å². The minimum absolute atomic E-state index is 0. The molecule has 6 rings (SSSR count). The van der Waals surface area contributed by atoms with Gasteiger partial charge in [0.2, 0.25) is 5.91 Å². The molecule has 0 spiro atoms. The molecule has 0 saturated carbocycles. The second kappa shape index (κ2) is 24.5. The number of rotatable bonds is 11. The number of carboxylic acids is 1. The van der Waals surface area contributed by atoms with Crippen molar-refractivity contribution in [2.45, 2.75) is 59.8 Å². The van der Waals surface area contributed by atoms with Crippen molar-refractivity contribution in [2.24, 2.45) is 0 Å². The van der Waals surface area contributed by atoms with Gasteiger partial charge in [0.25, 0.3) is 0 Å². The van der Waals surface area contributed by atoms with Crippen LogP contribution >= 0.6 is 46.4 Å². The van der Waals surface area contributed by atoms with Crippen LogP contribution in [-0.4, -0.2) is 73.5 Å². The van der Waals surface area contributed by atoms with E-state index >= 15 is 0 Å². The lowest BCUT2D eigenvalue weighted by Gasteiger charge is -2.16. The molecule has 58 heavy (non-hydrogen) atoms. The Labute approximate surface area is 357 Å². The van der Waals surface area contributed by atoms with Gasteiger partial charge in [-0.25, -0.2) is 9.97 Å². The highest BCUT2D eigenvalue weighted by atomic mass is 35.5. The van der Waals surface area contributed by atoms with Crippen LogP contribution in [-0.2, 0) is 41.6 Å². The van der Waals surface area contributed by atoms with Crippen LogP contribution in [0.3, 0.4) is 0 Å². The predicted molar refractivity (Wildman–Crippen MR) is 228 cm³/mol. The van der Waals surface area contributed by atoms with Gasteiger partial charge in [0, 0.05) is 53.6 Å². The van der Waals surface area contributed by atoms with E-state index in [0.717, 1.165) is 54.0 Å². The lowest BCUT2D eigenvalue weighted by molar-refractivity contribution is -0.191. The normalized spacial score (nSPS) is 10.1. The lowest BCUT2D eigenvalue weighted by atomic mass is 10.1. The highest BCUT2D eigenvalue weighted by Crippen LogP contribution is 2.29. The second-order valence-corrected chi connectivity index (χ2v) is 14.1. The fraction of sp³-hybridized carbons (Fsp3) is 0.286. The Morgan fingerprint density at radius 2 is 1.12 bits per heavy atom. The highest BCUT2D eigenvalue weighted by Gasteiger charge is 2.20. The molecule has 0 aliphatic heterocycles. The summed E-state index contributed by atoms with van der Waals surface area (Å²) in [6.07, 6.45) is 7.31. The number of carbonyl (C=O) groups is 3. The van der Waals surface area contributed by atoms with Crippen LogP contribution in [0.5, 0.6) is 0 Å². The number of hydrogen-bond acceptors (Lipinski definition) is 8. The van der Waals surface area contributed by atoms with E-state index in [2.05, 4.69) is 16.6 Å². The van der Waals surface area contributed by atoms with E-state index in [-0.39, 0.29) is 38.3 Å². The summed E-state index contributed by atoms with van der Waals surface area (Å²) in [5.41, 5.74) is 5.96. The van der Waals surface area contributed by atoms with Crippen molar-refractivity contribution < 1.29 is 33.8 Å². The molecule has 6 aromatic rings. The lowest BCUT2D eigenvalue weighted by Crippen LogP contribution is -2.29. The van der Waals surface area contributed by atoms with Gasteiger partial charge in [-0.3, -0.25) is 14.4 Å². The van der Waals surface area contributed by atoms with Gasteiger partial charge in [-0.15, -0.1) is 0 Å². The summed E-state index contributed by atoms with van der Waals surface area (Å²) in [4.78, 5) is 61.3. The maximum atomic E-state index is 12.6. The van der Waals surface area contributed by atoms with E-state index in [1.54, 1.807) is 52.0 Å². The van der Waals surface area contributed by atoms with Gasteiger partial charge in [0.05, 0.1) is 52.8 Å². The van der Waals surface area contributed by atoms with Crippen LogP contribution in [0.1, 0.15) is 58.3 Å². The number of methoxy groups -OCH3 is 1. The standard InChI is InChI=1S/C19H19Cl2N3O.C15H10Cl2N2O2.C6H12O2.CO2.CH4/c1-3-10-23(2)18(25)11-16-19(13-4-6-14(20)7-5-13)22-17-9-8-15(21)12-24(16)17;16-10-3-1-9(2-4-10)15-12(7-14(20)21)19-8-11(17)5-6-13(19)18-15;1-3-4-5-6(7)8-2;2-1-3;/h4-9,12H,3,10-11H2,1-2H3;1-6,8H,7H2,(H,20,21);3-5H2,1-2H3;;1H4. The molecule has 4 aromatic heterocycles. The van der Waals surface area contributed by atoms with Crippen molar-refractivity contribution in [1.82, 2.24) is 23.7 Å². The number of ether oxygens (including phenoxy) is 1. The number of amides is 1. The van der Waals surface area contributed by atoms with Gasteiger partial charge in [0.1, 0.15) is 11.3 Å². The van der Waals surface area contributed by atoms with E-state index in [1.165, 1.54) is 7.11 Å². The first-order valence-electron chi connectivity index (χ1n) is 17.6. The summed E-state index contributed by atoms with van der Waals surface area (Å²) >= 11 is 24.0. The maximum absolute atomic E-state index is 12.6. The van der Waals surface area contributed by atoms with Gasteiger partial charge < -0.3 is 23.5 Å². The number of hydrogen-bond donors (Lipinski definition) is 1. The Morgan fingerprint density at radius 3 is 1.50 bits per heavy atom. The zero-order chi connectivity index (χ0) is 42.1. The number of carbonyl (C=O) groups excluding carboxylic acids is 4. The number of nitrogens with zero attached hydrogens (tertiary/aromatic N) is 5. The first-order valence-corrected chi connectivity index (χ1v) is 19.1. The zero-order valence-electron chi connectivity index (χ0n) is 31.7. The number of aromatic nitrogens is 4. The Morgan fingerprint density at radius 1 is 0.707 bits per heavy atom. The van der Waals surface area contributed by atoms with Crippen LogP contribution in [0.25, 0.3) is 33.8 Å². The van der Waals surface area contributed by atoms with Gasteiger partial charge in [-0.05, 0) is 61.4 Å². The molecular formula is C42H45Cl4N5O7. The van der Waals surface area contributed by atoms with E-state index in [0.29, 0.717) is 43.5 Å².